The smallest absolute Gasteiger partial charge is 0.127 e. The van der Waals surface area contributed by atoms with Crippen LogP contribution in [0.2, 0.25) is 0 Å². The molecule has 1 aromatic rings. The summed E-state index contributed by atoms with van der Waals surface area (Å²) in [5.74, 6) is -0.108. The van der Waals surface area contributed by atoms with Gasteiger partial charge >= 0.3 is 0 Å². The number of hydrogen-bond acceptors (Lipinski definition) is 2. The van der Waals surface area contributed by atoms with Gasteiger partial charge in [0.1, 0.15) is 5.82 Å². The number of benzene rings is 1. The zero-order valence-electron chi connectivity index (χ0n) is 11.9. The summed E-state index contributed by atoms with van der Waals surface area (Å²) in [6, 6.07) is 7.18. The third-order valence-corrected chi connectivity index (χ3v) is 4.21. The van der Waals surface area contributed by atoms with Crippen LogP contribution in [0.15, 0.2) is 24.3 Å². The van der Waals surface area contributed by atoms with Crippen molar-refractivity contribution in [3.63, 3.8) is 0 Å². The molecule has 0 radical (unpaired) electrons. The van der Waals surface area contributed by atoms with Crippen LogP contribution in [0.4, 0.5) is 4.39 Å². The van der Waals surface area contributed by atoms with Crippen molar-refractivity contribution in [1.82, 2.24) is 5.32 Å². The van der Waals surface area contributed by atoms with Crippen molar-refractivity contribution in [1.29, 1.82) is 0 Å². The van der Waals surface area contributed by atoms with Crippen molar-refractivity contribution in [2.45, 2.75) is 38.6 Å². The van der Waals surface area contributed by atoms with E-state index in [0.717, 1.165) is 31.6 Å². The molecular weight excluding hydrogens is 241 g/mol. The van der Waals surface area contributed by atoms with Gasteiger partial charge in [0.05, 0.1) is 0 Å². The highest BCUT2D eigenvalue weighted by molar-refractivity contribution is 5.21. The van der Waals surface area contributed by atoms with Crippen LogP contribution in [0.5, 0.6) is 0 Å². The molecule has 1 atom stereocenters. The molecular formula is C16H24FNO. The Morgan fingerprint density at radius 3 is 2.68 bits per heavy atom. The van der Waals surface area contributed by atoms with E-state index in [1.807, 2.05) is 12.1 Å². The first kappa shape index (κ1) is 14.5. The molecule has 3 heteroatoms. The zero-order chi connectivity index (χ0) is 13.7. The first-order valence-corrected chi connectivity index (χ1v) is 7.17. The lowest BCUT2D eigenvalue weighted by atomic mass is 9.99. The fraction of sp³-hybridized carbons (Fsp3) is 0.625. The van der Waals surface area contributed by atoms with Gasteiger partial charge in [-0.05, 0) is 37.2 Å². The fourth-order valence-corrected chi connectivity index (χ4v) is 2.58. The van der Waals surface area contributed by atoms with E-state index in [1.165, 1.54) is 18.9 Å². The normalized spacial score (nSPS) is 18.3. The van der Waals surface area contributed by atoms with Crippen LogP contribution < -0.4 is 5.32 Å². The van der Waals surface area contributed by atoms with Crippen LogP contribution in [0, 0.1) is 11.2 Å². The summed E-state index contributed by atoms with van der Waals surface area (Å²) in [6.07, 6.45) is 4.53. The Morgan fingerprint density at radius 2 is 2.11 bits per heavy atom. The van der Waals surface area contributed by atoms with Crippen molar-refractivity contribution < 1.29 is 9.13 Å². The summed E-state index contributed by atoms with van der Waals surface area (Å²) >= 11 is 0. The van der Waals surface area contributed by atoms with Crippen LogP contribution >= 0.6 is 0 Å². The first-order valence-electron chi connectivity index (χ1n) is 7.17. The van der Waals surface area contributed by atoms with E-state index in [0.29, 0.717) is 5.41 Å². The molecule has 0 amide bonds. The van der Waals surface area contributed by atoms with Gasteiger partial charge in [0, 0.05) is 31.9 Å². The van der Waals surface area contributed by atoms with Gasteiger partial charge in [-0.3, -0.25) is 0 Å². The van der Waals surface area contributed by atoms with Crippen LogP contribution in [-0.4, -0.2) is 20.3 Å². The SMILES string of the molecule is CCC(NCC1(CCOC)CC1)c1ccccc1F. The van der Waals surface area contributed by atoms with E-state index < -0.39 is 0 Å². The highest BCUT2D eigenvalue weighted by Gasteiger charge is 2.41. The highest BCUT2D eigenvalue weighted by Crippen LogP contribution is 2.48. The molecule has 2 rings (SSSR count). The Balaban J connectivity index is 1.92. The third kappa shape index (κ3) is 3.77. The maximum atomic E-state index is 13.8. The molecule has 106 valence electrons. The average Bonchev–Trinajstić information content (AvgIpc) is 3.19. The van der Waals surface area contributed by atoms with Crippen molar-refractivity contribution in [2.75, 3.05) is 20.3 Å². The Labute approximate surface area is 115 Å². The van der Waals surface area contributed by atoms with Crippen molar-refractivity contribution in [2.24, 2.45) is 5.41 Å². The third-order valence-electron chi connectivity index (χ3n) is 4.21. The Kier molecular flexibility index (Phi) is 4.94. The van der Waals surface area contributed by atoms with Gasteiger partial charge in [-0.1, -0.05) is 25.1 Å². The molecule has 0 aromatic heterocycles. The monoisotopic (exact) mass is 265 g/mol. The molecule has 0 aliphatic heterocycles. The molecule has 0 heterocycles. The molecule has 1 aromatic carbocycles. The lowest BCUT2D eigenvalue weighted by Crippen LogP contribution is -2.29. The summed E-state index contributed by atoms with van der Waals surface area (Å²) in [4.78, 5) is 0. The van der Waals surface area contributed by atoms with Gasteiger partial charge in [0.25, 0.3) is 0 Å². The molecule has 1 aliphatic rings. The number of methoxy groups -OCH3 is 1. The fourth-order valence-electron chi connectivity index (χ4n) is 2.58. The lowest BCUT2D eigenvalue weighted by molar-refractivity contribution is 0.170. The Bertz CT molecular complexity index is 403. The van der Waals surface area contributed by atoms with Gasteiger partial charge in [-0.25, -0.2) is 4.39 Å². The van der Waals surface area contributed by atoms with Gasteiger partial charge in [-0.2, -0.15) is 0 Å². The molecule has 19 heavy (non-hydrogen) atoms. The van der Waals surface area contributed by atoms with Gasteiger partial charge in [0.15, 0.2) is 0 Å². The number of ether oxygens (including phenoxy) is 1. The lowest BCUT2D eigenvalue weighted by Gasteiger charge is -2.22. The summed E-state index contributed by atoms with van der Waals surface area (Å²) < 4.78 is 19.0. The van der Waals surface area contributed by atoms with E-state index in [2.05, 4.69) is 12.2 Å². The Morgan fingerprint density at radius 1 is 1.37 bits per heavy atom. The standard InChI is InChI=1S/C16H24FNO/c1-3-15(13-6-4-5-7-14(13)17)18-12-16(8-9-16)10-11-19-2/h4-7,15,18H,3,8-12H2,1-2H3. The van der Waals surface area contributed by atoms with Gasteiger partial charge in [0.2, 0.25) is 0 Å². The number of nitrogens with one attached hydrogen (secondary N) is 1. The largest absolute Gasteiger partial charge is 0.385 e. The van der Waals surface area contributed by atoms with E-state index >= 15 is 0 Å². The van der Waals surface area contributed by atoms with Gasteiger partial charge < -0.3 is 10.1 Å². The minimum absolute atomic E-state index is 0.108. The van der Waals surface area contributed by atoms with E-state index in [9.17, 15) is 4.39 Å². The number of hydrogen-bond donors (Lipinski definition) is 1. The second-order valence-electron chi connectivity index (χ2n) is 5.61. The molecule has 1 fully saturated rings. The predicted octanol–water partition coefficient (Wildman–Crippen LogP) is 3.68. The highest BCUT2D eigenvalue weighted by atomic mass is 19.1. The zero-order valence-corrected chi connectivity index (χ0v) is 11.9. The predicted molar refractivity (Wildman–Crippen MR) is 75.6 cm³/mol. The van der Waals surface area contributed by atoms with Crippen molar-refractivity contribution in [3.05, 3.63) is 35.6 Å². The van der Waals surface area contributed by atoms with E-state index in [-0.39, 0.29) is 11.9 Å². The number of rotatable bonds is 8. The number of halogens is 1. The van der Waals surface area contributed by atoms with E-state index in [1.54, 1.807) is 13.2 Å². The summed E-state index contributed by atoms with van der Waals surface area (Å²) in [6.45, 7) is 3.88. The summed E-state index contributed by atoms with van der Waals surface area (Å²) in [5.41, 5.74) is 1.18. The molecule has 0 saturated heterocycles. The second kappa shape index (κ2) is 6.49. The minimum Gasteiger partial charge on any atom is -0.385 e. The maximum Gasteiger partial charge on any atom is 0.127 e. The first-order chi connectivity index (χ1) is 9.21. The van der Waals surface area contributed by atoms with Crippen molar-refractivity contribution in [3.8, 4) is 0 Å². The molecule has 1 saturated carbocycles. The summed E-state index contributed by atoms with van der Waals surface area (Å²) in [5, 5.41) is 3.54. The van der Waals surface area contributed by atoms with Crippen LogP contribution in [0.3, 0.4) is 0 Å². The molecule has 2 nitrogen and oxygen atoms in total. The summed E-state index contributed by atoms with van der Waals surface area (Å²) in [7, 11) is 1.75. The topological polar surface area (TPSA) is 21.3 Å². The minimum atomic E-state index is -0.108. The van der Waals surface area contributed by atoms with E-state index in [4.69, 9.17) is 4.74 Å². The Hall–Kier alpha value is -0.930. The molecule has 1 unspecified atom stereocenters. The molecule has 1 N–H and O–H groups in total. The molecule has 0 spiro atoms. The second-order valence-corrected chi connectivity index (χ2v) is 5.61. The van der Waals surface area contributed by atoms with Crippen molar-refractivity contribution >= 4 is 0 Å². The molecule has 1 aliphatic carbocycles. The van der Waals surface area contributed by atoms with Crippen LogP contribution in [0.25, 0.3) is 0 Å². The van der Waals surface area contributed by atoms with Gasteiger partial charge in [-0.15, -0.1) is 0 Å². The maximum absolute atomic E-state index is 13.8. The van der Waals surface area contributed by atoms with Crippen LogP contribution in [-0.2, 0) is 4.74 Å². The quantitative estimate of drug-likeness (QED) is 0.774. The average molecular weight is 265 g/mol. The van der Waals surface area contributed by atoms with Crippen LogP contribution in [0.1, 0.15) is 44.2 Å². The molecule has 0 bridgehead atoms.